The van der Waals surface area contributed by atoms with Crippen molar-refractivity contribution in [1.82, 2.24) is 0 Å². The van der Waals surface area contributed by atoms with Crippen molar-refractivity contribution < 1.29 is 18.7 Å². The van der Waals surface area contributed by atoms with E-state index in [1.165, 1.54) is 0 Å². The van der Waals surface area contributed by atoms with Crippen molar-refractivity contribution in [2.24, 2.45) is 0 Å². The summed E-state index contributed by atoms with van der Waals surface area (Å²) in [6, 6.07) is 3.45. The molecule has 4 heteroatoms. The van der Waals surface area contributed by atoms with Gasteiger partial charge in [-0.3, -0.25) is 9.59 Å². The Morgan fingerprint density at radius 2 is 2.15 bits per heavy atom. The van der Waals surface area contributed by atoms with Crippen LogP contribution in [0.5, 0.6) is 0 Å². The van der Waals surface area contributed by atoms with Crippen LogP contribution in [0.1, 0.15) is 23.9 Å². The molecule has 0 saturated carbocycles. The van der Waals surface area contributed by atoms with E-state index >= 15 is 0 Å². The van der Waals surface area contributed by atoms with Crippen molar-refractivity contribution in [1.29, 1.82) is 0 Å². The molecule has 0 amide bonds. The maximum atomic E-state index is 11.1. The SMILES string of the molecule is Cc1ccc(C2CC(=O)OC2=O)o1. The fourth-order valence-electron chi connectivity index (χ4n) is 1.33. The van der Waals surface area contributed by atoms with Crippen LogP contribution in [0.2, 0.25) is 0 Å². The Hall–Kier alpha value is -1.58. The zero-order chi connectivity index (χ0) is 9.42. The fourth-order valence-corrected chi connectivity index (χ4v) is 1.33. The third-order valence-electron chi connectivity index (χ3n) is 1.97. The molecular formula is C9H8O4. The Labute approximate surface area is 74.5 Å². The molecule has 4 nitrogen and oxygen atoms in total. The summed E-state index contributed by atoms with van der Waals surface area (Å²) < 4.78 is 9.63. The summed E-state index contributed by atoms with van der Waals surface area (Å²) in [5.41, 5.74) is 0. The van der Waals surface area contributed by atoms with Gasteiger partial charge in [-0.2, -0.15) is 0 Å². The molecule has 0 spiro atoms. The van der Waals surface area contributed by atoms with Gasteiger partial charge in [0.1, 0.15) is 17.4 Å². The van der Waals surface area contributed by atoms with Crippen molar-refractivity contribution in [2.75, 3.05) is 0 Å². The van der Waals surface area contributed by atoms with Gasteiger partial charge < -0.3 is 9.15 Å². The van der Waals surface area contributed by atoms with Gasteiger partial charge in [0.2, 0.25) is 0 Å². The van der Waals surface area contributed by atoms with Crippen LogP contribution in [-0.2, 0) is 14.3 Å². The minimum Gasteiger partial charge on any atom is -0.465 e. The second-order valence-corrected chi connectivity index (χ2v) is 3.00. The van der Waals surface area contributed by atoms with E-state index in [4.69, 9.17) is 4.42 Å². The topological polar surface area (TPSA) is 56.5 Å². The molecular weight excluding hydrogens is 172 g/mol. The quantitative estimate of drug-likeness (QED) is 0.480. The van der Waals surface area contributed by atoms with Crippen LogP contribution in [0.4, 0.5) is 0 Å². The first-order chi connectivity index (χ1) is 6.16. The van der Waals surface area contributed by atoms with E-state index in [-0.39, 0.29) is 6.42 Å². The summed E-state index contributed by atoms with van der Waals surface area (Å²) in [5.74, 6) is -0.305. The molecule has 2 heterocycles. The van der Waals surface area contributed by atoms with Gasteiger partial charge in [-0.05, 0) is 19.1 Å². The van der Waals surface area contributed by atoms with Gasteiger partial charge in [0.05, 0.1) is 6.42 Å². The first kappa shape index (κ1) is 8.04. The van der Waals surface area contributed by atoms with Gasteiger partial charge >= 0.3 is 11.9 Å². The number of hydrogen-bond donors (Lipinski definition) is 0. The van der Waals surface area contributed by atoms with Crippen molar-refractivity contribution in [3.63, 3.8) is 0 Å². The zero-order valence-corrected chi connectivity index (χ0v) is 7.07. The minimum absolute atomic E-state index is 0.0891. The lowest BCUT2D eigenvalue weighted by Crippen LogP contribution is -2.04. The van der Waals surface area contributed by atoms with Crippen LogP contribution < -0.4 is 0 Å². The number of carbonyl (C=O) groups is 2. The highest BCUT2D eigenvalue weighted by Gasteiger charge is 2.36. The van der Waals surface area contributed by atoms with Crippen molar-refractivity contribution in [3.8, 4) is 0 Å². The molecule has 0 bridgehead atoms. The molecule has 0 N–H and O–H groups in total. The molecule has 1 aromatic rings. The van der Waals surface area contributed by atoms with E-state index in [2.05, 4.69) is 4.74 Å². The summed E-state index contributed by atoms with van der Waals surface area (Å²) in [5, 5.41) is 0. The smallest absolute Gasteiger partial charge is 0.324 e. The molecule has 1 aliphatic rings. The monoisotopic (exact) mass is 180 g/mol. The van der Waals surface area contributed by atoms with E-state index < -0.39 is 17.9 Å². The molecule has 1 saturated heterocycles. The lowest BCUT2D eigenvalue weighted by atomic mass is 10.1. The summed E-state index contributed by atoms with van der Waals surface area (Å²) in [7, 11) is 0. The van der Waals surface area contributed by atoms with E-state index in [9.17, 15) is 9.59 Å². The maximum Gasteiger partial charge on any atom is 0.324 e. The Morgan fingerprint density at radius 3 is 2.62 bits per heavy atom. The van der Waals surface area contributed by atoms with Gasteiger partial charge in [-0.25, -0.2) is 0 Å². The number of aryl methyl sites for hydroxylation is 1. The van der Waals surface area contributed by atoms with Crippen molar-refractivity contribution in [3.05, 3.63) is 23.7 Å². The van der Waals surface area contributed by atoms with Crippen LogP contribution >= 0.6 is 0 Å². The Morgan fingerprint density at radius 1 is 1.38 bits per heavy atom. The second-order valence-electron chi connectivity index (χ2n) is 3.00. The molecule has 1 aliphatic heterocycles. The lowest BCUT2D eigenvalue weighted by Gasteiger charge is -1.97. The van der Waals surface area contributed by atoms with Gasteiger partial charge in [0, 0.05) is 0 Å². The predicted molar refractivity (Wildman–Crippen MR) is 41.9 cm³/mol. The predicted octanol–water partition coefficient (Wildman–Crippen LogP) is 1.15. The Balaban J connectivity index is 2.27. The summed E-state index contributed by atoms with van der Waals surface area (Å²) in [4.78, 5) is 21.9. The van der Waals surface area contributed by atoms with E-state index in [0.29, 0.717) is 5.76 Å². The molecule has 1 fully saturated rings. The second kappa shape index (κ2) is 2.73. The van der Waals surface area contributed by atoms with Gasteiger partial charge in [0.25, 0.3) is 0 Å². The molecule has 1 unspecified atom stereocenters. The number of furan rings is 1. The Kier molecular flexibility index (Phi) is 1.69. The minimum atomic E-state index is -0.541. The molecule has 13 heavy (non-hydrogen) atoms. The van der Waals surface area contributed by atoms with Crippen LogP contribution in [-0.4, -0.2) is 11.9 Å². The molecule has 1 aromatic heterocycles. The summed E-state index contributed by atoms with van der Waals surface area (Å²) >= 11 is 0. The third kappa shape index (κ3) is 1.35. The Bertz CT molecular complexity index is 363. The van der Waals surface area contributed by atoms with Gasteiger partial charge in [0.15, 0.2) is 0 Å². The summed E-state index contributed by atoms with van der Waals surface area (Å²) in [6.45, 7) is 1.78. The van der Waals surface area contributed by atoms with Crippen molar-refractivity contribution >= 4 is 11.9 Å². The molecule has 0 radical (unpaired) electrons. The standard InChI is InChI=1S/C9H8O4/c1-5-2-3-7(12-5)6-4-8(10)13-9(6)11/h2-3,6H,4H2,1H3. The fraction of sp³-hybridized carbons (Fsp3) is 0.333. The van der Waals surface area contributed by atoms with Gasteiger partial charge in [-0.15, -0.1) is 0 Å². The number of ether oxygens (including phenoxy) is 1. The highest BCUT2D eigenvalue weighted by molar-refractivity contribution is 5.97. The molecule has 0 aromatic carbocycles. The lowest BCUT2D eigenvalue weighted by molar-refractivity contribution is -0.152. The molecule has 0 aliphatic carbocycles. The zero-order valence-electron chi connectivity index (χ0n) is 7.07. The van der Waals surface area contributed by atoms with Crippen LogP contribution in [0.25, 0.3) is 0 Å². The highest BCUT2D eigenvalue weighted by Crippen LogP contribution is 2.28. The number of cyclic esters (lactones) is 2. The first-order valence-corrected chi connectivity index (χ1v) is 3.97. The van der Waals surface area contributed by atoms with E-state index in [1.54, 1.807) is 19.1 Å². The number of esters is 2. The van der Waals surface area contributed by atoms with Gasteiger partial charge in [-0.1, -0.05) is 0 Å². The maximum absolute atomic E-state index is 11.1. The van der Waals surface area contributed by atoms with Crippen LogP contribution in [0, 0.1) is 6.92 Å². The van der Waals surface area contributed by atoms with Crippen LogP contribution in [0.3, 0.4) is 0 Å². The average molecular weight is 180 g/mol. The van der Waals surface area contributed by atoms with Crippen molar-refractivity contribution in [2.45, 2.75) is 19.3 Å². The third-order valence-corrected chi connectivity index (χ3v) is 1.97. The van der Waals surface area contributed by atoms with E-state index in [0.717, 1.165) is 5.76 Å². The molecule has 2 rings (SSSR count). The summed E-state index contributed by atoms with van der Waals surface area (Å²) in [6.07, 6.45) is 0.0891. The molecule has 68 valence electrons. The number of rotatable bonds is 1. The van der Waals surface area contributed by atoms with E-state index in [1.807, 2.05) is 0 Å². The largest absolute Gasteiger partial charge is 0.465 e. The number of carbonyl (C=O) groups excluding carboxylic acids is 2. The first-order valence-electron chi connectivity index (χ1n) is 3.97. The highest BCUT2D eigenvalue weighted by atomic mass is 16.6. The number of hydrogen-bond acceptors (Lipinski definition) is 4. The average Bonchev–Trinajstić information content (AvgIpc) is 2.58. The molecule has 1 atom stereocenters. The van der Waals surface area contributed by atoms with Crippen LogP contribution in [0.15, 0.2) is 16.5 Å². The normalized spacial score (nSPS) is 22.1.